The fourth-order valence-corrected chi connectivity index (χ4v) is 3.89. The van der Waals surface area contributed by atoms with Crippen molar-refractivity contribution in [3.05, 3.63) is 68.4 Å². The minimum Gasteiger partial charge on any atom is -0.279 e. The molecular weight excluding hydrogens is 379 g/mol. The Balaban J connectivity index is 1.80. The van der Waals surface area contributed by atoms with Crippen molar-refractivity contribution in [1.82, 2.24) is 19.2 Å². The van der Waals surface area contributed by atoms with Gasteiger partial charge in [0.05, 0.1) is 20.9 Å². The molecule has 0 saturated heterocycles. The summed E-state index contributed by atoms with van der Waals surface area (Å²) in [5, 5.41) is 10.8. The summed E-state index contributed by atoms with van der Waals surface area (Å²) in [6.07, 6.45) is 0. The average Bonchev–Trinajstić information content (AvgIpc) is 3.05. The largest absolute Gasteiger partial charge is 0.279 e. The quantitative estimate of drug-likeness (QED) is 0.492. The molecular formula is C17H12Cl2N4OS. The SMILES string of the molecule is Cn1c(=O)c2ccccc2n2c(SCc3ccc(Cl)c(Cl)c3)nnc12. The molecule has 126 valence electrons. The maximum atomic E-state index is 12.4. The van der Waals surface area contributed by atoms with E-state index in [4.69, 9.17) is 23.2 Å². The summed E-state index contributed by atoms with van der Waals surface area (Å²) in [6.45, 7) is 0. The number of aromatic nitrogens is 4. The summed E-state index contributed by atoms with van der Waals surface area (Å²) in [6, 6.07) is 13.0. The second-order valence-corrected chi connectivity index (χ2v) is 7.29. The first-order valence-corrected chi connectivity index (χ1v) is 9.20. The molecule has 25 heavy (non-hydrogen) atoms. The van der Waals surface area contributed by atoms with E-state index in [-0.39, 0.29) is 5.56 Å². The van der Waals surface area contributed by atoms with Gasteiger partial charge >= 0.3 is 0 Å². The van der Waals surface area contributed by atoms with Crippen LogP contribution >= 0.6 is 35.0 Å². The van der Waals surface area contributed by atoms with Crippen LogP contribution in [0, 0.1) is 0 Å². The summed E-state index contributed by atoms with van der Waals surface area (Å²) in [4.78, 5) is 12.4. The topological polar surface area (TPSA) is 52.2 Å². The Morgan fingerprint density at radius 2 is 1.88 bits per heavy atom. The molecule has 2 aromatic heterocycles. The standard InChI is InChI=1S/C17H12Cl2N4OS/c1-22-15(24)11-4-2-3-5-14(11)23-16(22)20-21-17(23)25-9-10-6-7-12(18)13(19)8-10/h2-8H,9H2,1H3. The van der Waals surface area contributed by atoms with E-state index in [1.807, 2.05) is 40.8 Å². The first-order valence-electron chi connectivity index (χ1n) is 7.46. The zero-order valence-electron chi connectivity index (χ0n) is 13.1. The number of nitrogens with zero attached hydrogens (tertiary/aromatic N) is 4. The van der Waals surface area contributed by atoms with Crippen molar-refractivity contribution in [1.29, 1.82) is 0 Å². The number of halogens is 2. The Bertz CT molecular complexity index is 1170. The lowest BCUT2D eigenvalue weighted by molar-refractivity contribution is 0.853. The molecule has 0 saturated carbocycles. The molecule has 0 spiro atoms. The zero-order chi connectivity index (χ0) is 17.6. The fraction of sp³-hybridized carbons (Fsp3) is 0.118. The van der Waals surface area contributed by atoms with Gasteiger partial charge in [0, 0.05) is 12.8 Å². The summed E-state index contributed by atoms with van der Waals surface area (Å²) >= 11 is 13.6. The summed E-state index contributed by atoms with van der Waals surface area (Å²) in [5.41, 5.74) is 1.74. The van der Waals surface area contributed by atoms with Gasteiger partial charge in [-0.2, -0.15) is 0 Å². The number of fused-ring (bicyclic) bond motifs is 3. The summed E-state index contributed by atoms with van der Waals surface area (Å²) in [7, 11) is 1.70. The van der Waals surface area contributed by atoms with Gasteiger partial charge in [-0.25, -0.2) is 0 Å². The van der Waals surface area contributed by atoms with Gasteiger partial charge in [0.1, 0.15) is 0 Å². The van der Waals surface area contributed by atoms with Crippen LogP contribution in [0.5, 0.6) is 0 Å². The Labute approximate surface area is 157 Å². The monoisotopic (exact) mass is 390 g/mol. The molecule has 0 aliphatic carbocycles. The van der Waals surface area contributed by atoms with Crippen molar-refractivity contribution in [2.24, 2.45) is 7.05 Å². The Morgan fingerprint density at radius 3 is 2.68 bits per heavy atom. The highest BCUT2D eigenvalue weighted by Crippen LogP contribution is 2.28. The van der Waals surface area contributed by atoms with E-state index in [2.05, 4.69) is 10.2 Å². The average molecular weight is 391 g/mol. The van der Waals surface area contributed by atoms with Gasteiger partial charge in [-0.1, -0.05) is 53.2 Å². The minimum absolute atomic E-state index is 0.0865. The highest BCUT2D eigenvalue weighted by molar-refractivity contribution is 7.98. The van der Waals surface area contributed by atoms with E-state index in [9.17, 15) is 4.79 Å². The number of benzene rings is 2. The van der Waals surface area contributed by atoms with Crippen LogP contribution in [0.15, 0.2) is 52.4 Å². The lowest BCUT2D eigenvalue weighted by Gasteiger charge is -2.07. The van der Waals surface area contributed by atoms with E-state index in [0.29, 0.717) is 32.1 Å². The third-order valence-corrected chi connectivity index (χ3v) is 5.69. The molecule has 0 radical (unpaired) electrons. The summed E-state index contributed by atoms with van der Waals surface area (Å²) in [5.74, 6) is 1.18. The smallest absolute Gasteiger partial charge is 0.262 e. The first-order chi connectivity index (χ1) is 12.1. The van der Waals surface area contributed by atoms with Crippen molar-refractivity contribution in [3.8, 4) is 0 Å². The van der Waals surface area contributed by atoms with E-state index < -0.39 is 0 Å². The molecule has 4 rings (SSSR count). The number of rotatable bonds is 3. The molecule has 4 aromatic rings. The number of hydrogen-bond acceptors (Lipinski definition) is 4. The van der Waals surface area contributed by atoms with Crippen molar-refractivity contribution in [2.75, 3.05) is 0 Å². The zero-order valence-corrected chi connectivity index (χ0v) is 15.4. The second-order valence-electron chi connectivity index (χ2n) is 5.54. The molecule has 0 unspecified atom stereocenters. The lowest BCUT2D eigenvalue weighted by atomic mass is 10.2. The van der Waals surface area contributed by atoms with E-state index in [0.717, 1.165) is 11.1 Å². The molecule has 8 heteroatoms. The van der Waals surface area contributed by atoms with Crippen molar-refractivity contribution >= 4 is 51.6 Å². The van der Waals surface area contributed by atoms with Crippen LogP contribution in [-0.2, 0) is 12.8 Å². The molecule has 2 heterocycles. The van der Waals surface area contributed by atoms with Gasteiger partial charge in [-0.05, 0) is 29.8 Å². The molecule has 0 aliphatic rings. The van der Waals surface area contributed by atoms with Crippen LogP contribution in [0.3, 0.4) is 0 Å². The van der Waals surface area contributed by atoms with Crippen molar-refractivity contribution in [3.63, 3.8) is 0 Å². The normalized spacial score (nSPS) is 11.5. The lowest BCUT2D eigenvalue weighted by Crippen LogP contribution is -2.20. The number of hydrogen-bond donors (Lipinski definition) is 0. The Hall–Kier alpha value is -2.02. The fourth-order valence-electron chi connectivity index (χ4n) is 2.68. The third-order valence-electron chi connectivity index (χ3n) is 3.95. The molecule has 0 atom stereocenters. The van der Waals surface area contributed by atoms with E-state index in [1.165, 1.54) is 16.3 Å². The number of aryl methyl sites for hydroxylation is 1. The molecule has 0 bridgehead atoms. The molecule has 5 nitrogen and oxygen atoms in total. The van der Waals surface area contributed by atoms with Crippen molar-refractivity contribution < 1.29 is 0 Å². The molecule has 0 fully saturated rings. The van der Waals surface area contributed by atoms with Crippen molar-refractivity contribution in [2.45, 2.75) is 10.9 Å². The molecule has 0 aliphatic heterocycles. The van der Waals surface area contributed by atoms with Crippen LogP contribution in [-0.4, -0.2) is 19.2 Å². The van der Waals surface area contributed by atoms with Gasteiger partial charge in [0.2, 0.25) is 5.78 Å². The maximum absolute atomic E-state index is 12.4. The number of para-hydroxylation sites is 1. The van der Waals surface area contributed by atoms with Gasteiger partial charge in [0.15, 0.2) is 5.16 Å². The predicted molar refractivity (Wildman–Crippen MR) is 102 cm³/mol. The van der Waals surface area contributed by atoms with Crippen LogP contribution in [0.2, 0.25) is 10.0 Å². The van der Waals surface area contributed by atoms with Crippen LogP contribution in [0.4, 0.5) is 0 Å². The highest BCUT2D eigenvalue weighted by Gasteiger charge is 2.15. The molecule has 0 amide bonds. The number of thioether (sulfide) groups is 1. The molecule has 2 aromatic carbocycles. The van der Waals surface area contributed by atoms with Gasteiger partial charge in [0.25, 0.3) is 5.56 Å². The van der Waals surface area contributed by atoms with Gasteiger partial charge < -0.3 is 0 Å². The Kier molecular flexibility index (Phi) is 4.19. The van der Waals surface area contributed by atoms with E-state index >= 15 is 0 Å². The second kappa shape index (κ2) is 6.37. The first kappa shape index (κ1) is 16.4. The highest BCUT2D eigenvalue weighted by atomic mass is 35.5. The summed E-state index contributed by atoms with van der Waals surface area (Å²) < 4.78 is 3.41. The van der Waals surface area contributed by atoms with Crippen LogP contribution < -0.4 is 5.56 Å². The van der Waals surface area contributed by atoms with E-state index in [1.54, 1.807) is 13.1 Å². The van der Waals surface area contributed by atoms with Gasteiger partial charge in [-0.15, -0.1) is 10.2 Å². The predicted octanol–water partition coefficient (Wildman–Crippen LogP) is 4.18. The van der Waals surface area contributed by atoms with Crippen LogP contribution in [0.1, 0.15) is 5.56 Å². The minimum atomic E-state index is -0.0865. The maximum Gasteiger partial charge on any atom is 0.262 e. The third kappa shape index (κ3) is 2.80. The molecule has 0 N–H and O–H groups in total. The van der Waals surface area contributed by atoms with Gasteiger partial charge in [-0.3, -0.25) is 13.8 Å². The Morgan fingerprint density at radius 1 is 1.08 bits per heavy atom. The van der Waals surface area contributed by atoms with Crippen LogP contribution in [0.25, 0.3) is 16.7 Å².